The normalized spacial score (nSPS) is 13.6. The molecule has 1 aliphatic carbocycles. The van der Waals surface area contributed by atoms with E-state index in [9.17, 15) is 14.4 Å². The lowest BCUT2D eigenvalue weighted by molar-refractivity contribution is -0.137. The Morgan fingerprint density at radius 2 is 1.81 bits per heavy atom. The van der Waals surface area contributed by atoms with Crippen LogP contribution in [0.4, 0.5) is 5.69 Å². The topological polar surface area (TPSA) is 77.9 Å². The van der Waals surface area contributed by atoms with Crippen molar-refractivity contribution in [2.24, 2.45) is 5.92 Å². The van der Waals surface area contributed by atoms with E-state index < -0.39 is 11.9 Å². The van der Waals surface area contributed by atoms with E-state index in [0.29, 0.717) is 11.3 Å². The number of amides is 2. The second-order valence-corrected chi connectivity index (χ2v) is 5.24. The maximum absolute atomic E-state index is 12.3. The molecule has 1 aromatic carbocycles. The van der Waals surface area contributed by atoms with E-state index in [1.54, 1.807) is 31.3 Å². The SMILES string of the molecule is CN(CC(=O)O)C(=O)c1ccccc1N(C)C(=O)C1CC1. The standard InChI is InChI=1S/C15H18N2O4/c1-16(9-13(18)19)15(21)11-5-3-4-6-12(11)17(2)14(20)10-7-8-10/h3-6,10H,7-9H2,1-2H3,(H,18,19). The molecule has 1 saturated carbocycles. The molecule has 0 aliphatic heterocycles. The Morgan fingerprint density at radius 1 is 1.19 bits per heavy atom. The Balaban J connectivity index is 2.25. The molecule has 0 bridgehead atoms. The zero-order valence-corrected chi connectivity index (χ0v) is 12.1. The van der Waals surface area contributed by atoms with Crippen molar-refractivity contribution >= 4 is 23.5 Å². The zero-order chi connectivity index (χ0) is 15.6. The number of carboxylic acids is 1. The number of carboxylic acid groups (broad SMARTS) is 1. The van der Waals surface area contributed by atoms with E-state index in [1.807, 2.05) is 0 Å². The summed E-state index contributed by atoms with van der Waals surface area (Å²) in [6.45, 7) is -0.381. The van der Waals surface area contributed by atoms with Gasteiger partial charge in [0.1, 0.15) is 6.54 Å². The van der Waals surface area contributed by atoms with Crippen LogP contribution in [0, 0.1) is 5.92 Å². The van der Waals surface area contributed by atoms with Gasteiger partial charge in [-0.05, 0) is 25.0 Å². The van der Waals surface area contributed by atoms with E-state index >= 15 is 0 Å². The predicted octanol–water partition coefficient (Wildman–Crippen LogP) is 1.22. The number of carbonyl (C=O) groups is 3. The van der Waals surface area contributed by atoms with Gasteiger partial charge >= 0.3 is 5.97 Å². The number of likely N-dealkylation sites (N-methyl/N-ethyl adjacent to an activating group) is 1. The summed E-state index contributed by atoms with van der Waals surface area (Å²) in [5.74, 6) is -1.44. The minimum absolute atomic E-state index is 0.00358. The van der Waals surface area contributed by atoms with E-state index in [4.69, 9.17) is 5.11 Å². The number of rotatable bonds is 5. The molecule has 1 aromatic rings. The first-order valence-electron chi connectivity index (χ1n) is 6.75. The molecule has 0 atom stereocenters. The van der Waals surface area contributed by atoms with Crippen LogP contribution in [0.5, 0.6) is 0 Å². The van der Waals surface area contributed by atoms with Gasteiger partial charge in [-0.1, -0.05) is 12.1 Å². The first-order chi connectivity index (χ1) is 9.91. The lowest BCUT2D eigenvalue weighted by Crippen LogP contribution is -2.34. The van der Waals surface area contributed by atoms with Crippen LogP contribution in [0.2, 0.25) is 0 Å². The van der Waals surface area contributed by atoms with Gasteiger partial charge < -0.3 is 14.9 Å². The predicted molar refractivity (Wildman–Crippen MR) is 77.2 cm³/mol. The highest BCUT2D eigenvalue weighted by Gasteiger charge is 2.33. The summed E-state index contributed by atoms with van der Waals surface area (Å²) in [6, 6.07) is 6.75. The molecule has 0 saturated heterocycles. The number of hydrogen-bond acceptors (Lipinski definition) is 3. The third-order valence-corrected chi connectivity index (χ3v) is 3.47. The minimum atomic E-state index is -1.08. The summed E-state index contributed by atoms with van der Waals surface area (Å²) in [5, 5.41) is 8.77. The zero-order valence-electron chi connectivity index (χ0n) is 12.1. The monoisotopic (exact) mass is 290 g/mol. The highest BCUT2D eigenvalue weighted by molar-refractivity contribution is 6.05. The quantitative estimate of drug-likeness (QED) is 0.884. The fourth-order valence-corrected chi connectivity index (χ4v) is 2.15. The maximum atomic E-state index is 12.3. The van der Waals surface area contributed by atoms with Crippen molar-refractivity contribution in [3.05, 3.63) is 29.8 Å². The number of nitrogens with zero attached hydrogens (tertiary/aromatic N) is 2. The molecule has 6 heteroatoms. The Labute approximate surface area is 123 Å². The van der Waals surface area contributed by atoms with Gasteiger partial charge in [0.15, 0.2) is 0 Å². The third kappa shape index (κ3) is 3.39. The van der Waals surface area contributed by atoms with Crippen molar-refractivity contribution in [2.45, 2.75) is 12.8 Å². The summed E-state index contributed by atoms with van der Waals surface area (Å²) >= 11 is 0. The molecule has 21 heavy (non-hydrogen) atoms. The summed E-state index contributed by atoms with van der Waals surface area (Å²) in [4.78, 5) is 37.8. The van der Waals surface area contributed by atoms with E-state index in [1.165, 1.54) is 11.9 Å². The van der Waals surface area contributed by atoms with Crippen molar-refractivity contribution < 1.29 is 19.5 Å². The smallest absolute Gasteiger partial charge is 0.323 e. The van der Waals surface area contributed by atoms with Crippen LogP contribution >= 0.6 is 0 Å². The summed E-state index contributed by atoms with van der Waals surface area (Å²) in [6.07, 6.45) is 1.77. The third-order valence-electron chi connectivity index (χ3n) is 3.47. The lowest BCUT2D eigenvalue weighted by atomic mass is 10.1. The van der Waals surface area contributed by atoms with Gasteiger partial charge in [-0.3, -0.25) is 14.4 Å². The molecule has 0 unspecified atom stereocenters. The van der Waals surface area contributed by atoms with E-state index in [2.05, 4.69) is 0 Å². The number of anilines is 1. The van der Waals surface area contributed by atoms with Gasteiger partial charge in [0, 0.05) is 20.0 Å². The van der Waals surface area contributed by atoms with Gasteiger partial charge in [0.25, 0.3) is 5.91 Å². The van der Waals surface area contributed by atoms with Crippen LogP contribution < -0.4 is 4.90 Å². The van der Waals surface area contributed by atoms with Crippen LogP contribution in [0.15, 0.2) is 24.3 Å². The highest BCUT2D eigenvalue weighted by atomic mass is 16.4. The first kappa shape index (κ1) is 15.0. The second kappa shape index (κ2) is 5.95. The van der Waals surface area contributed by atoms with Crippen LogP contribution in [0.3, 0.4) is 0 Å². The lowest BCUT2D eigenvalue weighted by Gasteiger charge is -2.22. The van der Waals surface area contributed by atoms with E-state index in [0.717, 1.165) is 17.7 Å². The van der Waals surface area contributed by atoms with Crippen molar-refractivity contribution in [3.63, 3.8) is 0 Å². The van der Waals surface area contributed by atoms with Gasteiger partial charge in [-0.25, -0.2) is 0 Å². The molecule has 2 rings (SSSR count). The average molecular weight is 290 g/mol. The Kier molecular flexibility index (Phi) is 4.26. The van der Waals surface area contributed by atoms with Gasteiger partial charge in [0.05, 0.1) is 11.3 Å². The van der Waals surface area contributed by atoms with Crippen molar-refractivity contribution in [1.82, 2.24) is 4.90 Å². The number of benzene rings is 1. The van der Waals surface area contributed by atoms with Gasteiger partial charge in [0.2, 0.25) is 5.91 Å². The Hall–Kier alpha value is -2.37. The maximum Gasteiger partial charge on any atom is 0.323 e. The van der Waals surface area contributed by atoms with Gasteiger partial charge in [-0.15, -0.1) is 0 Å². The number of para-hydroxylation sites is 1. The average Bonchev–Trinajstić information content (AvgIpc) is 3.28. The summed E-state index contributed by atoms with van der Waals surface area (Å²) in [5.41, 5.74) is 0.842. The fraction of sp³-hybridized carbons (Fsp3) is 0.400. The molecular formula is C15H18N2O4. The molecular weight excluding hydrogens is 272 g/mol. The molecule has 6 nitrogen and oxygen atoms in total. The Morgan fingerprint density at radius 3 is 2.38 bits per heavy atom. The molecule has 112 valence electrons. The van der Waals surface area contributed by atoms with Crippen molar-refractivity contribution in [2.75, 3.05) is 25.5 Å². The molecule has 1 fully saturated rings. The fourth-order valence-electron chi connectivity index (χ4n) is 2.15. The number of carbonyl (C=O) groups excluding carboxylic acids is 2. The van der Waals surface area contributed by atoms with Crippen molar-refractivity contribution in [1.29, 1.82) is 0 Å². The second-order valence-electron chi connectivity index (χ2n) is 5.24. The Bertz CT molecular complexity index is 581. The summed E-state index contributed by atoms with van der Waals surface area (Å²) in [7, 11) is 3.07. The molecule has 0 radical (unpaired) electrons. The van der Waals surface area contributed by atoms with E-state index in [-0.39, 0.29) is 18.4 Å². The van der Waals surface area contributed by atoms with Crippen LogP contribution in [-0.2, 0) is 9.59 Å². The molecule has 1 aliphatic rings. The number of aliphatic carboxylic acids is 1. The van der Waals surface area contributed by atoms with Crippen molar-refractivity contribution in [3.8, 4) is 0 Å². The molecule has 1 N–H and O–H groups in total. The summed E-state index contributed by atoms with van der Waals surface area (Å²) < 4.78 is 0. The van der Waals surface area contributed by atoms with Crippen LogP contribution in [-0.4, -0.2) is 48.4 Å². The molecule has 2 amide bonds. The molecule has 0 spiro atoms. The van der Waals surface area contributed by atoms with Crippen LogP contribution in [0.25, 0.3) is 0 Å². The molecule has 0 heterocycles. The first-order valence-corrected chi connectivity index (χ1v) is 6.75. The minimum Gasteiger partial charge on any atom is -0.480 e. The van der Waals surface area contributed by atoms with Crippen LogP contribution in [0.1, 0.15) is 23.2 Å². The largest absolute Gasteiger partial charge is 0.480 e. The van der Waals surface area contributed by atoms with Gasteiger partial charge in [-0.2, -0.15) is 0 Å². The molecule has 0 aromatic heterocycles. The number of hydrogen-bond donors (Lipinski definition) is 1. The highest BCUT2D eigenvalue weighted by Crippen LogP contribution is 2.33.